The quantitative estimate of drug-likeness (QED) is 0.190. The van der Waals surface area contributed by atoms with Crippen molar-refractivity contribution in [3.05, 3.63) is 176 Å². The molecule has 10 rings (SSSR count). The highest BCUT2D eigenvalue weighted by Crippen LogP contribution is 2.46. The third kappa shape index (κ3) is 4.44. The van der Waals surface area contributed by atoms with Gasteiger partial charge in [0, 0.05) is 43.7 Å². The fraction of sp³-hybridized carbons (Fsp3) is 0. The highest BCUT2D eigenvalue weighted by Gasteiger charge is 2.21. The molecule has 0 aliphatic rings. The molecule has 49 heavy (non-hydrogen) atoms. The van der Waals surface area contributed by atoms with E-state index in [0.717, 1.165) is 71.7 Å². The van der Waals surface area contributed by atoms with Crippen LogP contribution in [0.15, 0.2) is 185 Å². The van der Waals surface area contributed by atoms with Crippen LogP contribution in [0.2, 0.25) is 0 Å². The van der Waals surface area contributed by atoms with E-state index in [2.05, 4.69) is 157 Å². The van der Waals surface area contributed by atoms with E-state index >= 15 is 0 Å². The lowest BCUT2D eigenvalue weighted by Crippen LogP contribution is -2.10. The van der Waals surface area contributed by atoms with Crippen molar-refractivity contribution in [3.8, 4) is 22.3 Å². The molecule has 0 atom stereocenters. The maximum Gasteiger partial charge on any atom is 0.143 e. The van der Waals surface area contributed by atoms with Crippen molar-refractivity contribution in [1.29, 1.82) is 0 Å². The van der Waals surface area contributed by atoms with Crippen molar-refractivity contribution in [3.63, 3.8) is 0 Å². The SMILES string of the molecule is c1ccc(-c2ccccc2-c2ccc(N(c3ccc4oc5ccccc5c4c3)c3cc4c5ccccc5oc4c4ccccc34)cc2)cc1. The Bertz CT molecular complexity index is 2830. The van der Waals surface area contributed by atoms with Crippen LogP contribution in [0.4, 0.5) is 17.1 Å². The number of fused-ring (bicyclic) bond motifs is 8. The van der Waals surface area contributed by atoms with Crippen molar-refractivity contribution >= 4 is 71.7 Å². The highest BCUT2D eigenvalue weighted by molar-refractivity contribution is 6.20. The Morgan fingerprint density at radius 2 is 0.857 bits per heavy atom. The summed E-state index contributed by atoms with van der Waals surface area (Å²) in [6.07, 6.45) is 0. The van der Waals surface area contributed by atoms with Crippen molar-refractivity contribution in [2.45, 2.75) is 0 Å². The van der Waals surface area contributed by atoms with Gasteiger partial charge in [0.05, 0.1) is 5.69 Å². The predicted octanol–water partition coefficient (Wildman–Crippen LogP) is 13.4. The summed E-state index contributed by atoms with van der Waals surface area (Å²) in [5.41, 5.74) is 11.5. The molecule has 0 aliphatic heterocycles. The van der Waals surface area contributed by atoms with Gasteiger partial charge in [0.2, 0.25) is 0 Å². The number of furan rings is 2. The van der Waals surface area contributed by atoms with Crippen LogP contribution in [0.25, 0.3) is 76.9 Å². The molecule has 2 heterocycles. The van der Waals surface area contributed by atoms with Gasteiger partial charge in [-0.15, -0.1) is 0 Å². The molecular formula is C46H29NO2. The van der Waals surface area contributed by atoms with Crippen LogP contribution in [-0.4, -0.2) is 0 Å². The zero-order chi connectivity index (χ0) is 32.3. The summed E-state index contributed by atoms with van der Waals surface area (Å²) in [5.74, 6) is 0. The standard InChI is InChI=1S/C46H29NO2/c1-2-12-30(13-3-1)34-14-4-5-15-35(34)31-22-24-32(25-23-31)47(33-26-27-45-40(28-33)37-17-8-10-20-43(37)48-45)42-29-41-38-18-9-11-21-44(38)49-46(41)39-19-7-6-16-36(39)42/h1-29H. The second kappa shape index (κ2) is 11.0. The first-order chi connectivity index (χ1) is 24.3. The van der Waals surface area contributed by atoms with E-state index < -0.39 is 0 Å². The minimum atomic E-state index is 0.874. The van der Waals surface area contributed by atoms with E-state index in [1.807, 2.05) is 24.3 Å². The Labute approximate surface area is 282 Å². The molecule has 230 valence electrons. The fourth-order valence-electron chi connectivity index (χ4n) is 7.39. The summed E-state index contributed by atoms with van der Waals surface area (Å²) in [6.45, 7) is 0. The Hall–Kier alpha value is -6.58. The average molecular weight is 628 g/mol. The molecule has 0 N–H and O–H groups in total. The van der Waals surface area contributed by atoms with Gasteiger partial charge in [-0.1, -0.05) is 127 Å². The topological polar surface area (TPSA) is 29.5 Å². The van der Waals surface area contributed by atoms with E-state index in [0.29, 0.717) is 0 Å². The largest absolute Gasteiger partial charge is 0.456 e. The molecule has 0 unspecified atom stereocenters. The van der Waals surface area contributed by atoms with Crippen LogP contribution in [0.1, 0.15) is 0 Å². The third-order valence-electron chi connectivity index (χ3n) is 9.67. The normalized spacial score (nSPS) is 11.7. The van der Waals surface area contributed by atoms with Crippen LogP contribution in [0, 0.1) is 0 Å². The molecule has 0 fully saturated rings. The van der Waals surface area contributed by atoms with E-state index in [4.69, 9.17) is 8.83 Å². The Morgan fingerprint density at radius 1 is 0.327 bits per heavy atom. The number of para-hydroxylation sites is 2. The molecule has 0 bridgehead atoms. The zero-order valence-corrected chi connectivity index (χ0v) is 26.5. The first kappa shape index (κ1) is 27.5. The molecule has 3 nitrogen and oxygen atoms in total. The zero-order valence-electron chi connectivity index (χ0n) is 26.5. The maximum atomic E-state index is 6.49. The number of nitrogens with zero attached hydrogens (tertiary/aromatic N) is 1. The molecule has 0 saturated heterocycles. The number of benzene rings is 8. The molecule has 0 radical (unpaired) electrons. The lowest BCUT2D eigenvalue weighted by atomic mass is 9.94. The summed E-state index contributed by atoms with van der Waals surface area (Å²) < 4.78 is 12.7. The predicted molar refractivity (Wildman–Crippen MR) is 204 cm³/mol. The smallest absolute Gasteiger partial charge is 0.143 e. The minimum absolute atomic E-state index is 0.874. The lowest BCUT2D eigenvalue weighted by Gasteiger charge is -2.27. The van der Waals surface area contributed by atoms with Crippen LogP contribution in [0.5, 0.6) is 0 Å². The van der Waals surface area contributed by atoms with E-state index in [1.54, 1.807) is 0 Å². The number of rotatable bonds is 5. The first-order valence-electron chi connectivity index (χ1n) is 16.6. The molecule has 0 spiro atoms. The summed E-state index contributed by atoms with van der Waals surface area (Å²) in [6, 6.07) is 62.1. The van der Waals surface area contributed by atoms with Gasteiger partial charge >= 0.3 is 0 Å². The van der Waals surface area contributed by atoms with Crippen molar-refractivity contribution in [2.24, 2.45) is 0 Å². The second-order valence-corrected chi connectivity index (χ2v) is 12.5. The molecule has 0 amide bonds. The van der Waals surface area contributed by atoms with Crippen LogP contribution in [-0.2, 0) is 0 Å². The molecule has 0 saturated carbocycles. The summed E-state index contributed by atoms with van der Waals surface area (Å²) in [7, 11) is 0. The van der Waals surface area contributed by atoms with Gasteiger partial charge in [-0.25, -0.2) is 0 Å². The van der Waals surface area contributed by atoms with E-state index in [-0.39, 0.29) is 0 Å². The van der Waals surface area contributed by atoms with E-state index in [1.165, 1.54) is 22.3 Å². The van der Waals surface area contributed by atoms with E-state index in [9.17, 15) is 0 Å². The highest BCUT2D eigenvalue weighted by atomic mass is 16.3. The van der Waals surface area contributed by atoms with Gasteiger partial charge < -0.3 is 13.7 Å². The van der Waals surface area contributed by atoms with Gasteiger partial charge in [-0.3, -0.25) is 0 Å². The summed E-state index contributed by atoms with van der Waals surface area (Å²) >= 11 is 0. The van der Waals surface area contributed by atoms with Gasteiger partial charge in [0.15, 0.2) is 0 Å². The molecule has 8 aromatic carbocycles. The van der Waals surface area contributed by atoms with Gasteiger partial charge in [0.25, 0.3) is 0 Å². The Kier molecular flexibility index (Phi) is 6.18. The van der Waals surface area contributed by atoms with Crippen LogP contribution < -0.4 is 4.90 Å². The maximum absolute atomic E-state index is 6.49. The fourth-order valence-corrected chi connectivity index (χ4v) is 7.39. The van der Waals surface area contributed by atoms with Crippen LogP contribution >= 0.6 is 0 Å². The summed E-state index contributed by atoms with van der Waals surface area (Å²) in [4.78, 5) is 2.37. The Morgan fingerprint density at radius 3 is 1.59 bits per heavy atom. The number of hydrogen-bond donors (Lipinski definition) is 0. The molecule has 0 aliphatic carbocycles. The Balaban J connectivity index is 1.21. The number of hydrogen-bond acceptors (Lipinski definition) is 3. The van der Waals surface area contributed by atoms with Crippen molar-refractivity contribution in [2.75, 3.05) is 4.90 Å². The monoisotopic (exact) mass is 627 g/mol. The third-order valence-corrected chi connectivity index (χ3v) is 9.67. The van der Waals surface area contributed by atoms with Crippen molar-refractivity contribution in [1.82, 2.24) is 0 Å². The summed E-state index contributed by atoms with van der Waals surface area (Å²) in [5, 5.41) is 6.59. The second-order valence-electron chi connectivity index (χ2n) is 12.5. The first-order valence-corrected chi connectivity index (χ1v) is 16.6. The van der Waals surface area contributed by atoms with Crippen molar-refractivity contribution < 1.29 is 8.83 Å². The average Bonchev–Trinajstić information content (AvgIpc) is 3.74. The lowest BCUT2D eigenvalue weighted by molar-refractivity contribution is 0.669. The van der Waals surface area contributed by atoms with Gasteiger partial charge in [0.1, 0.15) is 22.3 Å². The minimum Gasteiger partial charge on any atom is -0.456 e. The van der Waals surface area contributed by atoms with Gasteiger partial charge in [-0.2, -0.15) is 0 Å². The van der Waals surface area contributed by atoms with Gasteiger partial charge in [-0.05, 0) is 70.8 Å². The molecular weight excluding hydrogens is 599 g/mol. The molecule has 3 heteroatoms. The molecule has 2 aromatic heterocycles. The molecule has 10 aromatic rings. The number of anilines is 3. The van der Waals surface area contributed by atoms with Crippen LogP contribution in [0.3, 0.4) is 0 Å².